The topological polar surface area (TPSA) is 79.9 Å². The van der Waals surface area contributed by atoms with Gasteiger partial charge in [0.15, 0.2) is 0 Å². The second kappa shape index (κ2) is 18.0. The fraction of sp³-hybridized carbons (Fsp3) is 0.184. The summed E-state index contributed by atoms with van der Waals surface area (Å²) in [5.41, 5.74) is 31.9. The van der Waals surface area contributed by atoms with Crippen LogP contribution in [0.5, 0.6) is 23.0 Å². The van der Waals surface area contributed by atoms with Crippen LogP contribution in [0.2, 0.25) is 0 Å². The van der Waals surface area contributed by atoms with E-state index in [0.29, 0.717) is 11.8 Å². The third-order valence-corrected chi connectivity index (χ3v) is 20.4. The highest BCUT2D eigenvalue weighted by molar-refractivity contribution is 7.02. The Bertz CT molecular complexity index is 4790. The van der Waals surface area contributed by atoms with Gasteiger partial charge in [-0.05, 0) is 147 Å². The lowest BCUT2D eigenvalue weighted by molar-refractivity contribution is 0.472. The Morgan fingerprint density at radius 1 is 0.360 bits per heavy atom. The van der Waals surface area contributed by atoms with Crippen molar-refractivity contribution in [2.75, 3.05) is 0 Å². The van der Waals surface area contributed by atoms with E-state index in [4.69, 9.17) is 29.4 Å². The average Bonchev–Trinajstić information content (AvgIpc) is 1.28. The minimum atomic E-state index is -0.269. The molecule has 0 amide bonds. The van der Waals surface area contributed by atoms with Crippen molar-refractivity contribution in [1.29, 1.82) is 0 Å². The highest BCUT2D eigenvalue weighted by atomic mass is 16.5. The number of benzene rings is 7. The molecule has 7 aromatic carbocycles. The number of hydrogen-bond acceptors (Lipinski definition) is 6. The van der Waals surface area contributed by atoms with Crippen LogP contribution in [0.3, 0.4) is 0 Å². The van der Waals surface area contributed by atoms with Crippen molar-refractivity contribution in [3.8, 4) is 79.4 Å². The lowest BCUT2D eigenvalue weighted by Crippen LogP contribution is -2.63. The van der Waals surface area contributed by atoms with Crippen molar-refractivity contribution in [2.24, 2.45) is 0 Å². The maximum atomic E-state index is 7.93. The van der Waals surface area contributed by atoms with Crippen molar-refractivity contribution in [1.82, 2.24) is 29.1 Å². The smallest absolute Gasteiger partial charge is 0.256 e. The van der Waals surface area contributed by atoms with Crippen LogP contribution in [-0.4, -0.2) is 42.5 Å². The number of aryl methyl sites for hydroxylation is 4. The summed E-state index contributed by atoms with van der Waals surface area (Å²) in [6.45, 7) is 8.04. The SMILES string of the molecule is Cc1ccc(-c2ccc3c(n2)c2nc(-c4ccc(C)cc4)cc4c2n3-c2c3c5c(c6c2B4c2cc(C4CCCC4)ccc2O6)-n2c4ccc(-c6ccc(C)cc6)nc4c4nc(-c6ccc(C)cc6)cc(c42)B5c2cc(C4CCCC4)ccc2O3)cc1. The summed E-state index contributed by atoms with van der Waals surface area (Å²) in [7, 11) is 0. The zero-order valence-corrected chi connectivity index (χ0v) is 48.6. The summed E-state index contributed by atoms with van der Waals surface area (Å²) in [4.78, 5) is 23.0. The number of pyridine rings is 4. The summed E-state index contributed by atoms with van der Waals surface area (Å²) in [6.07, 6.45) is 9.76. The van der Waals surface area contributed by atoms with Gasteiger partial charge in [-0.3, -0.25) is 0 Å². The fourth-order valence-electron chi connectivity index (χ4n) is 16.1. The van der Waals surface area contributed by atoms with E-state index in [2.05, 4.69) is 207 Å². The summed E-state index contributed by atoms with van der Waals surface area (Å²) >= 11 is 0. The maximum absolute atomic E-state index is 7.93. The molecule has 13 aromatic rings. The third kappa shape index (κ3) is 6.95. The van der Waals surface area contributed by atoms with Gasteiger partial charge in [0.05, 0.1) is 56.2 Å². The second-order valence-corrected chi connectivity index (χ2v) is 25.7. The fourth-order valence-corrected chi connectivity index (χ4v) is 16.1. The third-order valence-electron chi connectivity index (χ3n) is 20.4. The van der Waals surface area contributed by atoms with Crippen LogP contribution in [-0.2, 0) is 0 Å². The van der Waals surface area contributed by atoms with Gasteiger partial charge >= 0.3 is 0 Å². The normalized spacial score (nSPS) is 15.3. The quantitative estimate of drug-likeness (QED) is 0.154. The van der Waals surface area contributed by atoms with Gasteiger partial charge in [0.1, 0.15) is 45.1 Å². The van der Waals surface area contributed by atoms with Gasteiger partial charge in [0.25, 0.3) is 13.4 Å². The summed E-state index contributed by atoms with van der Waals surface area (Å²) in [5, 5.41) is 0. The molecule has 10 heterocycles. The first-order chi connectivity index (χ1) is 42.2. The minimum absolute atomic E-state index is 0.269. The monoisotopic (exact) mass is 1110 g/mol. The predicted molar refractivity (Wildman–Crippen MR) is 352 cm³/mol. The van der Waals surface area contributed by atoms with Crippen LogP contribution in [0, 0.1) is 27.7 Å². The number of aromatic nitrogens is 6. The van der Waals surface area contributed by atoms with Crippen LogP contribution in [0.15, 0.2) is 170 Å². The van der Waals surface area contributed by atoms with Crippen molar-refractivity contribution in [2.45, 2.75) is 90.9 Å². The molecule has 0 spiro atoms. The molecule has 410 valence electrons. The minimum Gasteiger partial charge on any atom is -0.456 e. The summed E-state index contributed by atoms with van der Waals surface area (Å²) in [5.74, 6) is 4.41. The number of ether oxygens (including phenoxy) is 2. The molecule has 86 heavy (non-hydrogen) atoms. The number of fused-ring (bicyclic) bond motifs is 16. The van der Waals surface area contributed by atoms with Gasteiger partial charge in [-0.1, -0.05) is 169 Å². The van der Waals surface area contributed by atoms with Gasteiger partial charge in [-0.2, -0.15) is 0 Å². The van der Waals surface area contributed by atoms with E-state index in [1.54, 1.807) is 0 Å². The van der Waals surface area contributed by atoms with Crippen LogP contribution in [0.1, 0.15) is 96.6 Å². The van der Waals surface area contributed by atoms with Crippen LogP contribution < -0.4 is 42.3 Å². The molecule has 2 fully saturated rings. The predicted octanol–water partition coefficient (Wildman–Crippen LogP) is 14.5. The van der Waals surface area contributed by atoms with Crippen molar-refractivity contribution < 1.29 is 9.47 Å². The van der Waals surface area contributed by atoms with Crippen LogP contribution in [0.25, 0.3) is 101 Å². The Morgan fingerprint density at radius 3 is 1.08 bits per heavy atom. The number of rotatable bonds is 6. The maximum Gasteiger partial charge on any atom is 0.256 e. The lowest BCUT2D eigenvalue weighted by atomic mass is 9.31. The Kier molecular flexibility index (Phi) is 10.2. The summed E-state index contributed by atoms with van der Waals surface area (Å²) < 4.78 is 20.8. The average molecular weight is 1110 g/mol. The molecule has 0 atom stereocenters. The molecule has 8 nitrogen and oxygen atoms in total. The Labute approximate surface area is 499 Å². The van der Waals surface area contributed by atoms with Crippen molar-refractivity contribution >= 4 is 90.3 Å². The lowest BCUT2D eigenvalue weighted by Gasteiger charge is -2.41. The molecule has 0 radical (unpaired) electrons. The molecular formula is C76H58B2N6O2. The Morgan fingerprint density at radius 2 is 0.709 bits per heavy atom. The molecule has 4 aliphatic heterocycles. The molecular weight excluding hydrogens is 1050 g/mol. The van der Waals surface area contributed by atoms with Gasteiger partial charge in [0, 0.05) is 33.2 Å². The molecule has 2 saturated carbocycles. The highest BCUT2D eigenvalue weighted by Gasteiger charge is 2.51. The van der Waals surface area contributed by atoms with E-state index in [-0.39, 0.29) is 13.4 Å². The molecule has 6 aliphatic rings. The van der Waals surface area contributed by atoms with Crippen molar-refractivity contribution in [3.63, 3.8) is 0 Å². The van der Waals surface area contributed by atoms with E-state index in [1.807, 2.05) is 0 Å². The molecule has 0 bridgehead atoms. The van der Waals surface area contributed by atoms with Gasteiger partial charge < -0.3 is 18.6 Å². The highest BCUT2D eigenvalue weighted by Crippen LogP contribution is 2.50. The van der Waals surface area contributed by atoms with E-state index in [0.717, 1.165) is 134 Å². The number of nitrogens with zero attached hydrogens (tertiary/aromatic N) is 6. The molecule has 0 saturated heterocycles. The van der Waals surface area contributed by atoms with E-state index < -0.39 is 0 Å². The van der Waals surface area contributed by atoms with Crippen LogP contribution in [0.4, 0.5) is 0 Å². The zero-order valence-electron chi connectivity index (χ0n) is 48.6. The standard InChI is InChI=1S/C76H58B2N6O2/c1-41-13-21-47(22-14-41)57-31-33-61-67(79-57)69-71-55(39-59(81-69)49-25-17-43(3)18-26-49)77-53-37-51(45-9-5-6-10-45)29-35-63(53)86-76-65(77)73(83(61)71)75-66-74(76)84-62-34-32-58(48-23-15-42(2)16-24-48)80-68(62)70-72(84)56(40-60(82-70)50-27-19-44(4)20-28-50)78(66)54-38-52(30-36-64(54)85-75)46-11-7-8-12-46/h13-40,45-46H,5-12H2,1-4H3. The van der Waals surface area contributed by atoms with Gasteiger partial charge in [-0.25, -0.2) is 19.9 Å². The second-order valence-electron chi connectivity index (χ2n) is 25.7. The molecule has 2 aliphatic carbocycles. The zero-order chi connectivity index (χ0) is 56.8. The first-order valence-corrected chi connectivity index (χ1v) is 31.1. The molecule has 0 N–H and O–H groups in total. The number of hydrogen-bond donors (Lipinski definition) is 0. The summed E-state index contributed by atoms with van der Waals surface area (Å²) in [6, 6.07) is 63.2. The van der Waals surface area contributed by atoms with Crippen LogP contribution >= 0.6 is 0 Å². The molecule has 10 heteroatoms. The van der Waals surface area contributed by atoms with E-state index in [9.17, 15) is 0 Å². The van der Waals surface area contributed by atoms with E-state index in [1.165, 1.54) is 107 Å². The van der Waals surface area contributed by atoms with Gasteiger partial charge in [-0.15, -0.1) is 0 Å². The Hall–Kier alpha value is -9.53. The molecule has 6 aromatic heterocycles. The first-order valence-electron chi connectivity index (χ1n) is 31.1. The van der Waals surface area contributed by atoms with Crippen molar-refractivity contribution in [3.05, 3.63) is 203 Å². The van der Waals surface area contributed by atoms with E-state index >= 15 is 0 Å². The Balaban J connectivity index is 0.985. The first kappa shape index (κ1) is 48.8. The van der Waals surface area contributed by atoms with Gasteiger partial charge in [0.2, 0.25) is 0 Å². The molecule has 19 rings (SSSR count). The molecule has 0 unspecified atom stereocenters. The largest absolute Gasteiger partial charge is 0.456 e.